The van der Waals surface area contributed by atoms with Gasteiger partial charge in [-0.2, -0.15) is 10.2 Å². The Morgan fingerprint density at radius 2 is 1.86 bits per heavy atom. The second kappa shape index (κ2) is 8.69. The molecule has 0 spiro atoms. The number of nitrogens with one attached hydrogen (secondary N) is 2. The lowest BCUT2D eigenvalue weighted by Crippen LogP contribution is -2.47. The van der Waals surface area contributed by atoms with Crippen LogP contribution >= 0.6 is 0 Å². The molecule has 4 heterocycles. The Bertz CT molecular complexity index is 1390. The fraction of sp³-hybridized carbons (Fsp3) is 0.333. The van der Waals surface area contributed by atoms with Gasteiger partial charge in [0, 0.05) is 30.7 Å². The molecule has 0 radical (unpaired) electrons. The van der Waals surface area contributed by atoms with Crippen molar-refractivity contribution in [3.63, 3.8) is 0 Å². The number of rotatable bonds is 5. The Labute approximate surface area is 203 Å². The Morgan fingerprint density at radius 3 is 2.63 bits per heavy atom. The number of hydrogen-bond donors (Lipinski definition) is 2. The molecule has 8 nitrogen and oxygen atoms in total. The van der Waals surface area contributed by atoms with Gasteiger partial charge >= 0.3 is 0 Å². The predicted molar refractivity (Wildman–Crippen MR) is 133 cm³/mol. The van der Waals surface area contributed by atoms with Crippen molar-refractivity contribution in [1.82, 2.24) is 24.9 Å². The van der Waals surface area contributed by atoms with Gasteiger partial charge in [-0.1, -0.05) is 24.3 Å². The van der Waals surface area contributed by atoms with Crippen LogP contribution in [0.25, 0.3) is 10.9 Å². The van der Waals surface area contributed by atoms with Crippen molar-refractivity contribution in [2.24, 2.45) is 13.0 Å². The Morgan fingerprint density at radius 1 is 1.06 bits per heavy atom. The van der Waals surface area contributed by atoms with Crippen molar-refractivity contribution >= 4 is 28.4 Å². The number of H-pyrrole nitrogens is 1. The number of benzene rings is 2. The van der Waals surface area contributed by atoms with Crippen molar-refractivity contribution in [2.75, 3.05) is 5.32 Å². The quantitative estimate of drug-likeness (QED) is 0.459. The van der Waals surface area contributed by atoms with E-state index in [1.165, 1.54) is 10.9 Å². The number of aromatic amines is 1. The number of carbonyl (C=O) groups is 2. The van der Waals surface area contributed by atoms with E-state index in [2.05, 4.69) is 43.7 Å². The summed E-state index contributed by atoms with van der Waals surface area (Å²) in [5, 5.41) is 15.5. The van der Waals surface area contributed by atoms with Crippen LogP contribution in [0, 0.1) is 5.92 Å². The van der Waals surface area contributed by atoms with Gasteiger partial charge < -0.3 is 10.2 Å². The van der Waals surface area contributed by atoms with Crippen molar-refractivity contribution in [1.29, 1.82) is 0 Å². The second-order valence-electron chi connectivity index (χ2n) is 9.76. The first kappa shape index (κ1) is 21.6. The van der Waals surface area contributed by atoms with E-state index in [4.69, 9.17) is 0 Å². The molecule has 2 aliphatic heterocycles. The highest BCUT2D eigenvalue weighted by molar-refractivity contribution is 6.08. The lowest BCUT2D eigenvalue weighted by Gasteiger charge is -2.39. The number of anilines is 1. The Kier molecular flexibility index (Phi) is 5.36. The number of fused-ring (bicyclic) bond motifs is 3. The van der Waals surface area contributed by atoms with Crippen LogP contribution in [0.3, 0.4) is 0 Å². The summed E-state index contributed by atoms with van der Waals surface area (Å²) in [6, 6.07) is 15.7. The summed E-state index contributed by atoms with van der Waals surface area (Å²) in [5.74, 6) is 0.224. The van der Waals surface area contributed by atoms with Gasteiger partial charge in [-0.05, 0) is 67.9 Å². The minimum Gasteiger partial charge on any atom is -0.333 e. The smallest absolute Gasteiger partial charge is 0.276 e. The van der Waals surface area contributed by atoms with Crippen LogP contribution in [0.4, 0.5) is 5.69 Å². The van der Waals surface area contributed by atoms with Crippen LogP contribution in [-0.2, 0) is 13.5 Å². The first-order valence-electron chi connectivity index (χ1n) is 12.2. The number of piperidine rings is 1. The number of amides is 2. The number of hydrogen-bond acceptors (Lipinski definition) is 4. The third kappa shape index (κ3) is 3.99. The van der Waals surface area contributed by atoms with Crippen LogP contribution in [-0.4, -0.2) is 48.8 Å². The van der Waals surface area contributed by atoms with Gasteiger partial charge in [0.15, 0.2) is 5.69 Å². The number of carbonyl (C=O) groups excluding carboxylic acids is 2. The van der Waals surface area contributed by atoms with Crippen LogP contribution < -0.4 is 5.32 Å². The molecular weight excluding hydrogens is 440 g/mol. The minimum atomic E-state index is -0.319. The molecule has 2 aromatic heterocycles. The molecule has 35 heavy (non-hydrogen) atoms. The van der Waals surface area contributed by atoms with Crippen LogP contribution in [0.15, 0.2) is 60.9 Å². The van der Waals surface area contributed by atoms with Crippen LogP contribution in [0.1, 0.15) is 52.1 Å². The van der Waals surface area contributed by atoms with Crippen molar-refractivity contribution in [3.8, 4) is 0 Å². The lowest BCUT2D eigenvalue weighted by atomic mass is 9.84. The molecule has 178 valence electrons. The zero-order chi connectivity index (χ0) is 23.9. The van der Waals surface area contributed by atoms with Gasteiger partial charge in [-0.3, -0.25) is 19.4 Å². The summed E-state index contributed by atoms with van der Waals surface area (Å²) < 4.78 is 1.58. The van der Waals surface area contributed by atoms with Crippen molar-refractivity contribution in [3.05, 3.63) is 77.7 Å². The molecule has 0 saturated carbocycles. The van der Waals surface area contributed by atoms with Crippen LogP contribution in [0.2, 0.25) is 0 Å². The lowest BCUT2D eigenvalue weighted by molar-refractivity contribution is 0.0526. The molecular formula is C27H28N6O2. The summed E-state index contributed by atoms with van der Waals surface area (Å²) in [6.07, 6.45) is 8.70. The van der Waals surface area contributed by atoms with E-state index in [1.807, 2.05) is 24.4 Å². The number of aryl methyl sites for hydroxylation is 1. The first-order chi connectivity index (χ1) is 17.1. The molecule has 2 saturated heterocycles. The molecule has 2 amide bonds. The topological polar surface area (TPSA) is 95.9 Å². The fourth-order valence-corrected chi connectivity index (χ4v) is 5.95. The normalized spacial score (nSPS) is 21.4. The maximum atomic E-state index is 13.8. The monoisotopic (exact) mass is 468 g/mol. The summed E-state index contributed by atoms with van der Waals surface area (Å²) in [7, 11) is 1.77. The van der Waals surface area contributed by atoms with E-state index in [0.717, 1.165) is 37.6 Å². The molecule has 2 bridgehead atoms. The maximum absolute atomic E-state index is 13.8. The molecule has 2 aromatic carbocycles. The SMILES string of the molecule is Cn1ccc(C(=O)Nc2ccccc2C(=O)N2C3CCC2CC(Cc2cccc4[nH]ncc24)C3)n1. The average molecular weight is 469 g/mol. The number of aromatic nitrogens is 4. The van der Waals surface area contributed by atoms with E-state index in [1.54, 1.807) is 30.1 Å². The molecule has 8 heteroatoms. The van der Waals surface area contributed by atoms with Gasteiger partial charge in [-0.15, -0.1) is 0 Å². The highest BCUT2D eigenvalue weighted by Crippen LogP contribution is 2.41. The molecule has 6 rings (SSSR count). The summed E-state index contributed by atoms with van der Waals surface area (Å²) >= 11 is 0. The maximum Gasteiger partial charge on any atom is 0.276 e. The van der Waals surface area contributed by atoms with E-state index in [-0.39, 0.29) is 23.9 Å². The summed E-state index contributed by atoms with van der Waals surface area (Å²) in [6.45, 7) is 0. The molecule has 4 aromatic rings. The summed E-state index contributed by atoms with van der Waals surface area (Å²) in [5.41, 5.74) is 3.78. The van der Waals surface area contributed by atoms with Gasteiger partial charge in [0.2, 0.25) is 0 Å². The molecule has 2 unspecified atom stereocenters. The standard InChI is InChI=1S/C27H28N6O2/c1-32-12-11-25(31-32)26(34)29-23-7-3-2-6-21(23)27(35)33-19-9-10-20(33)15-17(14-19)13-18-5-4-8-24-22(18)16-28-30-24/h2-8,11-12,16-17,19-20H,9-10,13-15H2,1H3,(H,28,30)(H,29,34). The Balaban J connectivity index is 1.19. The van der Waals surface area contributed by atoms with Crippen LogP contribution in [0.5, 0.6) is 0 Å². The largest absolute Gasteiger partial charge is 0.333 e. The van der Waals surface area contributed by atoms with E-state index in [9.17, 15) is 9.59 Å². The van der Waals surface area contributed by atoms with Gasteiger partial charge in [-0.25, -0.2) is 0 Å². The molecule has 2 N–H and O–H groups in total. The molecule has 2 fully saturated rings. The Hall–Kier alpha value is -3.94. The third-order valence-electron chi connectivity index (χ3n) is 7.50. The predicted octanol–water partition coefficient (Wildman–Crippen LogP) is 4.17. The third-order valence-corrected chi connectivity index (χ3v) is 7.50. The number of para-hydroxylation sites is 1. The average Bonchev–Trinajstić information content (AvgIpc) is 3.57. The molecule has 2 atom stereocenters. The molecule has 0 aliphatic carbocycles. The van der Waals surface area contributed by atoms with Gasteiger partial charge in [0.05, 0.1) is 23.0 Å². The van der Waals surface area contributed by atoms with Gasteiger partial charge in [0.25, 0.3) is 11.8 Å². The van der Waals surface area contributed by atoms with Gasteiger partial charge in [0.1, 0.15) is 0 Å². The second-order valence-corrected chi connectivity index (χ2v) is 9.76. The zero-order valence-corrected chi connectivity index (χ0v) is 19.6. The van der Waals surface area contributed by atoms with E-state index < -0.39 is 0 Å². The highest BCUT2D eigenvalue weighted by atomic mass is 16.2. The highest BCUT2D eigenvalue weighted by Gasteiger charge is 2.43. The van der Waals surface area contributed by atoms with E-state index in [0.29, 0.717) is 22.9 Å². The number of nitrogens with zero attached hydrogens (tertiary/aromatic N) is 4. The minimum absolute atomic E-state index is 0.00445. The zero-order valence-electron chi connectivity index (χ0n) is 19.6. The van der Waals surface area contributed by atoms with Crippen molar-refractivity contribution in [2.45, 2.75) is 44.2 Å². The van der Waals surface area contributed by atoms with E-state index >= 15 is 0 Å². The fourth-order valence-electron chi connectivity index (χ4n) is 5.95. The first-order valence-corrected chi connectivity index (χ1v) is 12.2. The summed E-state index contributed by atoms with van der Waals surface area (Å²) in [4.78, 5) is 28.5. The van der Waals surface area contributed by atoms with Crippen molar-refractivity contribution < 1.29 is 9.59 Å². The molecule has 2 aliphatic rings.